The topological polar surface area (TPSA) is 25.8 Å². The molecule has 1 aliphatic carbocycles. The molecule has 0 saturated carbocycles. The Labute approximate surface area is 390 Å². The molecule has 0 aliphatic heterocycles. The Hall–Kier alpha value is -8.46. The fraction of sp³-hybridized carbons (Fsp3) is 0.0462. The zero-order valence-corrected chi connectivity index (χ0v) is 36.9. The Morgan fingerprint density at radius 3 is 1.76 bits per heavy atom. The molecule has 1 atom stereocenters. The van der Waals surface area contributed by atoms with Gasteiger partial charge in [0.15, 0.2) is 5.82 Å². The van der Waals surface area contributed by atoms with Gasteiger partial charge in [-0.05, 0) is 124 Å². The Morgan fingerprint density at radius 1 is 0.328 bits per heavy atom. The number of aromatic nitrogens is 2. The van der Waals surface area contributed by atoms with Gasteiger partial charge in [-0.1, -0.05) is 218 Å². The predicted octanol–water partition coefficient (Wildman–Crippen LogP) is 17.2. The Kier molecular flexibility index (Phi) is 9.42. The first kappa shape index (κ1) is 39.0. The van der Waals surface area contributed by atoms with Crippen LogP contribution in [0.25, 0.3) is 110 Å². The van der Waals surface area contributed by atoms with Gasteiger partial charge in [-0.15, -0.1) is 0 Å². The maximum Gasteiger partial charge on any atom is 0.160 e. The van der Waals surface area contributed by atoms with E-state index in [9.17, 15) is 0 Å². The number of benzene rings is 11. The molecule has 0 amide bonds. The molecule has 0 fully saturated rings. The molecule has 0 radical (unpaired) electrons. The summed E-state index contributed by atoms with van der Waals surface area (Å²) in [6, 6.07) is 86.5. The Morgan fingerprint density at radius 2 is 0.925 bits per heavy atom. The molecule has 1 heterocycles. The highest BCUT2D eigenvalue weighted by Crippen LogP contribution is 2.46. The van der Waals surface area contributed by atoms with Crippen molar-refractivity contribution in [2.45, 2.75) is 18.8 Å². The van der Waals surface area contributed by atoms with Crippen LogP contribution < -0.4 is 0 Å². The van der Waals surface area contributed by atoms with E-state index in [4.69, 9.17) is 9.97 Å². The molecular formula is C65H44N2. The molecule has 1 unspecified atom stereocenters. The smallest absolute Gasteiger partial charge is 0.160 e. The SMILES string of the molecule is c1ccc(-c2ccc(-c3cc(-c4cccc5c6ccccc6c6cc(-c7ccc8c(c7)-c7ccccc7CCC8c7ccc8ccccc8c7)ccc6c45)nc(-c4ccccc4)n3)cc2)cc1. The first-order chi connectivity index (χ1) is 33.2. The van der Waals surface area contributed by atoms with Gasteiger partial charge in [0.25, 0.3) is 0 Å². The van der Waals surface area contributed by atoms with Crippen molar-refractivity contribution >= 4 is 43.1 Å². The van der Waals surface area contributed by atoms with Gasteiger partial charge in [-0.2, -0.15) is 0 Å². The number of hydrogen-bond donors (Lipinski definition) is 0. The highest BCUT2D eigenvalue weighted by molar-refractivity contribution is 6.28. The van der Waals surface area contributed by atoms with E-state index in [1.165, 1.54) is 93.2 Å². The highest BCUT2D eigenvalue weighted by atomic mass is 14.9. The highest BCUT2D eigenvalue weighted by Gasteiger charge is 2.25. The van der Waals surface area contributed by atoms with Crippen molar-refractivity contribution in [3.8, 4) is 67.3 Å². The van der Waals surface area contributed by atoms with Crippen LogP contribution in [0.1, 0.15) is 29.0 Å². The van der Waals surface area contributed by atoms with E-state index < -0.39 is 0 Å². The van der Waals surface area contributed by atoms with Crippen LogP contribution in [0.15, 0.2) is 237 Å². The van der Waals surface area contributed by atoms with E-state index in [-0.39, 0.29) is 0 Å². The zero-order valence-electron chi connectivity index (χ0n) is 36.9. The third-order valence-electron chi connectivity index (χ3n) is 14.1. The second kappa shape index (κ2) is 16.2. The molecule has 314 valence electrons. The van der Waals surface area contributed by atoms with Gasteiger partial charge in [-0.25, -0.2) is 9.97 Å². The standard InChI is InChI=1S/C65H44N2/c1-3-14-42(15-4-1)44-26-29-46(30-27-44)62-41-63(67-65(66-62)47-18-5-2-6-19-47)59-25-13-24-57-54-22-11-12-23-55(54)61-40-50(34-37-58(61)64(57)59)49-33-36-56-53(51-31-28-43-16-7-8-20-48(43)38-51)35-32-45-17-9-10-21-52(45)60(56)39-49/h1-31,33-34,36-41,53H,32,35H2. The summed E-state index contributed by atoms with van der Waals surface area (Å²) in [6.07, 6.45) is 2.11. The van der Waals surface area contributed by atoms with Crippen molar-refractivity contribution in [1.82, 2.24) is 9.97 Å². The number of rotatable bonds is 6. The van der Waals surface area contributed by atoms with Crippen LogP contribution in [0.3, 0.4) is 0 Å². The summed E-state index contributed by atoms with van der Waals surface area (Å²) in [6.45, 7) is 0. The van der Waals surface area contributed by atoms with Crippen LogP contribution >= 0.6 is 0 Å². The molecule has 2 nitrogen and oxygen atoms in total. The monoisotopic (exact) mass is 852 g/mol. The third kappa shape index (κ3) is 6.89. The Bertz CT molecular complexity index is 3850. The summed E-state index contributed by atoms with van der Waals surface area (Å²) in [7, 11) is 0. The lowest BCUT2D eigenvalue weighted by atomic mass is 9.83. The average molecular weight is 853 g/mol. The zero-order chi connectivity index (χ0) is 44.3. The van der Waals surface area contributed by atoms with E-state index in [0.29, 0.717) is 11.7 Å². The van der Waals surface area contributed by atoms with Crippen molar-refractivity contribution < 1.29 is 0 Å². The van der Waals surface area contributed by atoms with Crippen molar-refractivity contribution in [2.75, 3.05) is 0 Å². The van der Waals surface area contributed by atoms with Crippen molar-refractivity contribution in [3.05, 3.63) is 253 Å². The summed E-state index contributed by atoms with van der Waals surface area (Å²) < 4.78 is 0. The molecule has 11 aromatic carbocycles. The quantitative estimate of drug-likeness (QED) is 0.156. The van der Waals surface area contributed by atoms with Gasteiger partial charge in [0.1, 0.15) is 0 Å². The number of aryl methyl sites for hydroxylation is 1. The van der Waals surface area contributed by atoms with E-state index in [1.54, 1.807) is 0 Å². The summed E-state index contributed by atoms with van der Waals surface area (Å²) in [5, 5.41) is 9.89. The van der Waals surface area contributed by atoms with Crippen LogP contribution in [-0.4, -0.2) is 9.97 Å². The fourth-order valence-corrected chi connectivity index (χ4v) is 10.8. The Balaban J connectivity index is 0.979. The second-order valence-electron chi connectivity index (χ2n) is 18.0. The normalized spacial score (nSPS) is 13.4. The molecule has 1 aromatic heterocycles. The molecular weight excluding hydrogens is 809 g/mol. The van der Waals surface area contributed by atoms with Gasteiger partial charge < -0.3 is 0 Å². The lowest BCUT2D eigenvalue weighted by Crippen LogP contribution is -2.02. The van der Waals surface area contributed by atoms with Gasteiger partial charge in [-0.3, -0.25) is 0 Å². The summed E-state index contributed by atoms with van der Waals surface area (Å²) in [5.74, 6) is 1.00. The van der Waals surface area contributed by atoms with Crippen LogP contribution in [0.4, 0.5) is 0 Å². The van der Waals surface area contributed by atoms with Crippen molar-refractivity contribution in [3.63, 3.8) is 0 Å². The largest absolute Gasteiger partial charge is 0.228 e. The summed E-state index contributed by atoms with van der Waals surface area (Å²) in [4.78, 5) is 10.6. The van der Waals surface area contributed by atoms with Gasteiger partial charge in [0.05, 0.1) is 11.4 Å². The van der Waals surface area contributed by atoms with Crippen LogP contribution in [0, 0.1) is 0 Å². The van der Waals surface area contributed by atoms with E-state index in [1.807, 2.05) is 6.07 Å². The molecule has 13 rings (SSSR count). The maximum atomic E-state index is 5.37. The minimum atomic E-state index is 0.296. The van der Waals surface area contributed by atoms with E-state index in [2.05, 4.69) is 231 Å². The molecule has 0 bridgehead atoms. The molecule has 1 aliphatic rings. The third-order valence-corrected chi connectivity index (χ3v) is 14.1. The fourth-order valence-electron chi connectivity index (χ4n) is 10.8. The maximum absolute atomic E-state index is 5.37. The lowest BCUT2D eigenvalue weighted by molar-refractivity contribution is 0.727. The predicted molar refractivity (Wildman–Crippen MR) is 281 cm³/mol. The minimum absolute atomic E-state index is 0.296. The molecule has 12 aromatic rings. The van der Waals surface area contributed by atoms with Gasteiger partial charge >= 0.3 is 0 Å². The summed E-state index contributed by atoms with van der Waals surface area (Å²) in [5.41, 5.74) is 16.6. The second-order valence-corrected chi connectivity index (χ2v) is 18.0. The van der Waals surface area contributed by atoms with Crippen LogP contribution in [0.2, 0.25) is 0 Å². The average Bonchev–Trinajstić information content (AvgIpc) is 3.57. The number of hydrogen-bond acceptors (Lipinski definition) is 2. The van der Waals surface area contributed by atoms with Crippen LogP contribution in [0.5, 0.6) is 0 Å². The summed E-state index contributed by atoms with van der Waals surface area (Å²) >= 11 is 0. The molecule has 0 spiro atoms. The first-order valence-electron chi connectivity index (χ1n) is 23.4. The van der Waals surface area contributed by atoms with Crippen molar-refractivity contribution in [1.29, 1.82) is 0 Å². The van der Waals surface area contributed by atoms with Gasteiger partial charge in [0, 0.05) is 22.6 Å². The van der Waals surface area contributed by atoms with E-state index in [0.717, 1.165) is 40.9 Å². The molecule has 0 N–H and O–H groups in total. The van der Waals surface area contributed by atoms with Crippen LogP contribution in [-0.2, 0) is 6.42 Å². The first-order valence-corrected chi connectivity index (χ1v) is 23.4. The lowest BCUT2D eigenvalue weighted by Gasteiger charge is -2.20. The molecule has 67 heavy (non-hydrogen) atoms. The van der Waals surface area contributed by atoms with Crippen molar-refractivity contribution in [2.24, 2.45) is 0 Å². The molecule has 2 heteroatoms. The van der Waals surface area contributed by atoms with E-state index >= 15 is 0 Å². The van der Waals surface area contributed by atoms with Gasteiger partial charge in [0.2, 0.25) is 0 Å². The number of fused-ring (bicyclic) bond motifs is 10. The minimum Gasteiger partial charge on any atom is -0.228 e. The number of nitrogens with zero attached hydrogens (tertiary/aromatic N) is 2. The molecule has 0 saturated heterocycles.